The van der Waals surface area contributed by atoms with Crippen molar-refractivity contribution in [2.75, 3.05) is 39.6 Å². The monoisotopic (exact) mass is 1550 g/mol. The number of rotatable bonds is 75. The zero-order chi connectivity index (χ0) is 78.9. The minimum absolute atomic E-state index is 0.0274. The largest absolute Gasteiger partial charge is 0.472 e. The van der Waals surface area contributed by atoms with Gasteiger partial charge in [0.25, 0.3) is 0 Å². The Kier molecular flexibility index (Phi) is 75.0. The summed E-state index contributed by atoms with van der Waals surface area (Å²) in [5.41, 5.74) is 0. The van der Waals surface area contributed by atoms with Crippen LogP contribution in [0.15, 0.2) is 182 Å². The Morgan fingerprint density at radius 3 is 0.769 bits per heavy atom. The Morgan fingerprint density at radius 2 is 0.481 bits per heavy atom. The fourth-order valence-corrected chi connectivity index (χ4v) is 11.8. The van der Waals surface area contributed by atoms with Crippen LogP contribution in [0, 0.1) is 0 Å². The second-order valence-corrected chi connectivity index (χ2v) is 29.5. The molecule has 19 heteroatoms. The molecule has 0 aromatic carbocycles. The second-order valence-electron chi connectivity index (χ2n) is 26.6. The van der Waals surface area contributed by atoms with E-state index in [1.165, 1.54) is 19.3 Å². The van der Waals surface area contributed by atoms with Crippen molar-refractivity contribution >= 4 is 39.5 Å². The quantitative estimate of drug-likeness (QED) is 0.0169. The molecule has 0 aromatic rings. The number of aliphatic hydroxyl groups excluding tert-OH is 1. The van der Waals surface area contributed by atoms with E-state index in [2.05, 4.69) is 210 Å². The maximum Gasteiger partial charge on any atom is 0.472 e. The van der Waals surface area contributed by atoms with Gasteiger partial charge in [-0.15, -0.1) is 0 Å². The molecule has 0 fully saturated rings. The fraction of sp³-hybridized carbons (Fsp3) is 0.618. The lowest BCUT2D eigenvalue weighted by molar-refractivity contribution is -0.161. The normalized spacial score (nSPS) is 14.8. The van der Waals surface area contributed by atoms with Gasteiger partial charge in [-0.05, 0) is 180 Å². The fourth-order valence-electron chi connectivity index (χ4n) is 10.2. The maximum atomic E-state index is 13.1. The van der Waals surface area contributed by atoms with Crippen molar-refractivity contribution in [3.63, 3.8) is 0 Å². The molecule has 3 N–H and O–H groups in total. The van der Waals surface area contributed by atoms with Gasteiger partial charge in [-0.3, -0.25) is 37.3 Å². The van der Waals surface area contributed by atoms with Gasteiger partial charge in [0.15, 0.2) is 12.2 Å². The van der Waals surface area contributed by atoms with Gasteiger partial charge in [0.05, 0.1) is 26.4 Å². The lowest BCUT2D eigenvalue weighted by atomic mass is 10.1. The zero-order valence-electron chi connectivity index (χ0n) is 66.9. The number of allylic oxidation sites excluding steroid dienone is 30. The van der Waals surface area contributed by atoms with E-state index in [0.29, 0.717) is 32.1 Å². The van der Waals surface area contributed by atoms with Gasteiger partial charge in [-0.1, -0.05) is 274 Å². The third-order valence-corrected chi connectivity index (χ3v) is 18.2. The van der Waals surface area contributed by atoms with Crippen molar-refractivity contribution < 1.29 is 80.2 Å². The van der Waals surface area contributed by atoms with Gasteiger partial charge >= 0.3 is 39.5 Å². The number of carbonyl (C=O) groups is 4. The molecule has 0 bridgehead atoms. The molecule has 5 unspecified atom stereocenters. The molecule has 0 aliphatic rings. The molecule has 0 radical (unpaired) electrons. The van der Waals surface area contributed by atoms with Gasteiger partial charge in [-0.25, -0.2) is 9.13 Å². The number of phosphoric acid groups is 2. The van der Waals surface area contributed by atoms with Gasteiger partial charge in [0.2, 0.25) is 0 Å². The summed E-state index contributed by atoms with van der Waals surface area (Å²) in [6.45, 7) is 4.38. The summed E-state index contributed by atoms with van der Waals surface area (Å²) in [6.07, 6.45) is 95.8. The number of ether oxygens (including phenoxy) is 4. The highest BCUT2D eigenvalue weighted by molar-refractivity contribution is 7.47. The molecule has 612 valence electrons. The van der Waals surface area contributed by atoms with Crippen molar-refractivity contribution in [1.29, 1.82) is 0 Å². The van der Waals surface area contributed by atoms with Crippen molar-refractivity contribution in [3.05, 3.63) is 182 Å². The lowest BCUT2D eigenvalue weighted by Gasteiger charge is -2.21. The molecular weight excluding hydrogens is 1400 g/mol. The Labute approximate surface area is 654 Å². The number of carbonyl (C=O) groups excluding carboxylic acids is 4. The number of aliphatic hydroxyl groups is 1. The molecule has 0 heterocycles. The van der Waals surface area contributed by atoms with Crippen LogP contribution >= 0.6 is 15.6 Å². The van der Waals surface area contributed by atoms with Gasteiger partial charge in [-0.2, -0.15) is 0 Å². The minimum atomic E-state index is -5.01. The number of phosphoric ester groups is 2. The van der Waals surface area contributed by atoms with Gasteiger partial charge in [0.1, 0.15) is 19.3 Å². The predicted octanol–water partition coefficient (Wildman–Crippen LogP) is 24.3. The standard InChI is InChI=1S/C89H144O17P2/c1-5-9-13-17-21-25-29-33-37-39-41-43-47-49-53-57-61-65-69-73-86(91)99-79-84(105-88(93)75-71-67-63-59-55-51-45-35-31-27-23-19-15-11-7-3)81-103-107(95,96)101-77-83(90)78-102-108(97,98)104-82-85(106-89(94)76-72-68-64-60-56-52-46-36-32-28-24-20-16-12-8-4)80-100-87(92)74-70-66-62-58-54-50-48-44-42-40-38-34-30-26-22-18-14-10-6-2/h9,11-13,15-16,21-28,33-38,41-46,49,53,55,59,83-85,90H,5-8,10,14,17-20,29-32,39-40,47-48,50-52,54,56-58,60-82H2,1-4H3,(H,95,96)(H,97,98)/b13-9-,15-11-,16-12-,25-21-,26-22-,27-23-,28-24-,37-33-,38-34-,43-41-,44-42-,45-35-,46-36-,53-49-,59-55-. The van der Waals surface area contributed by atoms with Crippen LogP contribution in [0.2, 0.25) is 0 Å². The van der Waals surface area contributed by atoms with Crippen LogP contribution in [-0.2, 0) is 65.4 Å². The topological polar surface area (TPSA) is 237 Å². The molecule has 0 aliphatic heterocycles. The summed E-state index contributed by atoms with van der Waals surface area (Å²) < 4.78 is 68.6. The van der Waals surface area contributed by atoms with Crippen molar-refractivity contribution in [1.82, 2.24) is 0 Å². The molecule has 17 nitrogen and oxygen atoms in total. The molecule has 0 amide bonds. The first kappa shape index (κ1) is 102. The Morgan fingerprint density at radius 1 is 0.269 bits per heavy atom. The van der Waals surface area contributed by atoms with Crippen LogP contribution in [-0.4, -0.2) is 96.7 Å². The van der Waals surface area contributed by atoms with E-state index in [0.717, 1.165) is 193 Å². The molecule has 108 heavy (non-hydrogen) atoms. The molecule has 0 rings (SSSR count). The van der Waals surface area contributed by atoms with Crippen molar-refractivity contribution in [2.45, 2.75) is 316 Å². The highest BCUT2D eigenvalue weighted by Gasteiger charge is 2.30. The first-order valence-electron chi connectivity index (χ1n) is 41.0. The number of hydrogen-bond donors (Lipinski definition) is 3. The smallest absolute Gasteiger partial charge is 0.462 e. The van der Waals surface area contributed by atoms with E-state index < -0.39 is 97.5 Å². The average Bonchev–Trinajstić information content (AvgIpc) is 0.923. The lowest BCUT2D eigenvalue weighted by Crippen LogP contribution is -2.30. The van der Waals surface area contributed by atoms with Crippen LogP contribution < -0.4 is 0 Å². The summed E-state index contributed by atoms with van der Waals surface area (Å²) >= 11 is 0. The van der Waals surface area contributed by atoms with E-state index in [9.17, 15) is 43.2 Å². The average molecular weight is 1550 g/mol. The van der Waals surface area contributed by atoms with E-state index in [1.54, 1.807) is 0 Å². The SMILES string of the molecule is CC/C=C\C/C=C\C/C=C\C/C=C\C/C=C\CCCCCC(=O)OCC(COP(=O)(O)OCC(O)COP(=O)(O)OCC(COC(=O)CCCCCCCC/C=C\C/C=C\C/C=C\CCCCC)OC(=O)CCCCCCC/C=C\C/C=C\C/C=C\CC)OC(=O)CCCC/C=C\C/C=C\C/C=C\C/C=C\CC. The van der Waals surface area contributed by atoms with Crippen LogP contribution in [0.25, 0.3) is 0 Å². The highest BCUT2D eigenvalue weighted by atomic mass is 31.2. The summed E-state index contributed by atoms with van der Waals surface area (Å²) in [6, 6.07) is 0. The first-order chi connectivity index (χ1) is 52.7. The number of unbranched alkanes of at least 4 members (excludes halogenated alkanes) is 19. The summed E-state index contributed by atoms with van der Waals surface area (Å²) in [5, 5.41) is 10.7. The van der Waals surface area contributed by atoms with Crippen molar-refractivity contribution in [3.8, 4) is 0 Å². The third kappa shape index (κ3) is 78.3. The van der Waals surface area contributed by atoms with Crippen LogP contribution in [0.4, 0.5) is 0 Å². The Balaban J connectivity index is 5.47. The van der Waals surface area contributed by atoms with E-state index >= 15 is 0 Å². The van der Waals surface area contributed by atoms with Gasteiger partial charge in [0, 0.05) is 25.7 Å². The molecule has 5 atom stereocenters. The molecule has 0 saturated carbocycles. The Hall–Kier alpha value is -5.84. The zero-order valence-corrected chi connectivity index (χ0v) is 68.7. The maximum absolute atomic E-state index is 13.1. The summed E-state index contributed by atoms with van der Waals surface area (Å²) in [4.78, 5) is 73.1. The first-order valence-corrected chi connectivity index (χ1v) is 44.0. The van der Waals surface area contributed by atoms with E-state index in [4.69, 9.17) is 37.0 Å². The predicted molar refractivity (Wildman–Crippen MR) is 445 cm³/mol. The molecule has 0 aromatic heterocycles. The molecule has 0 aliphatic carbocycles. The van der Waals surface area contributed by atoms with Gasteiger partial charge < -0.3 is 33.8 Å². The molecule has 0 spiro atoms. The third-order valence-electron chi connectivity index (χ3n) is 16.3. The van der Waals surface area contributed by atoms with E-state index in [-0.39, 0.29) is 25.7 Å². The second kappa shape index (κ2) is 79.3. The summed E-state index contributed by atoms with van der Waals surface area (Å²) in [5.74, 6) is -2.31. The number of hydrogen-bond acceptors (Lipinski definition) is 15. The minimum Gasteiger partial charge on any atom is -0.462 e. The van der Waals surface area contributed by atoms with Crippen LogP contribution in [0.5, 0.6) is 0 Å². The van der Waals surface area contributed by atoms with Crippen LogP contribution in [0.1, 0.15) is 297 Å². The number of esters is 4. The summed E-state index contributed by atoms with van der Waals surface area (Å²) in [7, 11) is -10.0. The highest BCUT2D eigenvalue weighted by Crippen LogP contribution is 2.45. The molecular formula is C89H144O17P2. The Bertz CT molecular complexity index is 2760. The van der Waals surface area contributed by atoms with Crippen molar-refractivity contribution in [2.24, 2.45) is 0 Å². The van der Waals surface area contributed by atoms with Crippen LogP contribution in [0.3, 0.4) is 0 Å². The molecule has 0 saturated heterocycles. The van der Waals surface area contributed by atoms with E-state index in [1.807, 2.05) is 0 Å².